The van der Waals surface area contributed by atoms with Crippen LogP contribution >= 0.6 is 0 Å². The molecular weight excluding hydrogens is 167 g/mol. The van der Waals surface area contributed by atoms with E-state index in [9.17, 15) is 4.39 Å². The average Bonchev–Trinajstić information content (AvgIpc) is 2.57. The third-order valence-electron chi connectivity index (χ3n) is 2.36. The van der Waals surface area contributed by atoms with Gasteiger partial charge in [0.25, 0.3) is 0 Å². The zero-order valence-electron chi connectivity index (χ0n) is 7.54. The molecule has 0 amide bonds. The molecular formula is C10H13FN2. The van der Waals surface area contributed by atoms with Gasteiger partial charge in [0.2, 0.25) is 5.95 Å². The van der Waals surface area contributed by atoms with Crippen molar-refractivity contribution in [3.05, 3.63) is 29.8 Å². The molecule has 0 aromatic carbocycles. The fourth-order valence-corrected chi connectivity index (χ4v) is 1.71. The lowest BCUT2D eigenvalue weighted by atomic mass is 10.3. The van der Waals surface area contributed by atoms with Gasteiger partial charge in [0, 0.05) is 6.54 Å². The van der Waals surface area contributed by atoms with Gasteiger partial charge in [0.15, 0.2) is 0 Å². The molecule has 0 bridgehead atoms. The second-order valence-corrected chi connectivity index (χ2v) is 3.43. The molecule has 1 fully saturated rings. The lowest BCUT2D eigenvalue weighted by Crippen LogP contribution is -2.19. The topological polar surface area (TPSA) is 16.1 Å². The summed E-state index contributed by atoms with van der Waals surface area (Å²) in [6.45, 7) is 3.04. The monoisotopic (exact) mass is 180 g/mol. The quantitative estimate of drug-likeness (QED) is 0.645. The highest BCUT2D eigenvalue weighted by atomic mass is 19.1. The van der Waals surface area contributed by atoms with Crippen LogP contribution in [0, 0.1) is 5.95 Å². The molecule has 1 aromatic rings. The van der Waals surface area contributed by atoms with E-state index in [4.69, 9.17) is 0 Å². The van der Waals surface area contributed by atoms with Crippen molar-refractivity contribution in [1.82, 2.24) is 9.88 Å². The second kappa shape index (κ2) is 3.83. The Kier molecular flexibility index (Phi) is 2.54. The van der Waals surface area contributed by atoms with E-state index in [-0.39, 0.29) is 5.95 Å². The Morgan fingerprint density at radius 2 is 2.08 bits per heavy atom. The first kappa shape index (κ1) is 8.63. The maximum Gasteiger partial charge on any atom is 0.213 e. The Morgan fingerprint density at radius 1 is 1.31 bits per heavy atom. The third-order valence-corrected chi connectivity index (χ3v) is 2.36. The Morgan fingerprint density at radius 3 is 2.77 bits per heavy atom. The maximum absolute atomic E-state index is 12.7. The summed E-state index contributed by atoms with van der Waals surface area (Å²) < 4.78 is 12.7. The first-order valence-corrected chi connectivity index (χ1v) is 4.68. The summed E-state index contributed by atoms with van der Waals surface area (Å²) >= 11 is 0. The fourth-order valence-electron chi connectivity index (χ4n) is 1.71. The van der Waals surface area contributed by atoms with Gasteiger partial charge in [-0.1, -0.05) is 6.07 Å². The zero-order valence-corrected chi connectivity index (χ0v) is 7.54. The number of pyridine rings is 1. The van der Waals surface area contributed by atoms with E-state index in [0.29, 0.717) is 0 Å². The molecule has 2 nitrogen and oxygen atoms in total. The molecule has 70 valence electrons. The summed E-state index contributed by atoms with van der Waals surface area (Å²) in [4.78, 5) is 6.14. The van der Waals surface area contributed by atoms with Crippen LogP contribution in [0.5, 0.6) is 0 Å². The number of halogens is 1. The normalized spacial score (nSPS) is 17.9. The van der Waals surface area contributed by atoms with Gasteiger partial charge in [-0.05, 0) is 38.1 Å². The minimum absolute atomic E-state index is 0.378. The van der Waals surface area contributed by atoms with E-state index in [0.717, 1.165) is 25.3 Å². The van der Waals surface area contributed by atoms with Crippen LogP contribution in [0.15, 0.2) is 18.2 Å². The fraction of sp³-hybridized carbons (Fsp3) is 0.500. The van der Waals surface area contributed by atoms with E-state index in [1.807, 2.05) is 6.07 Å². The number of aromatic nitrogens is 1. The van der Waals surface area contributed by atoms with Gasteiger partial charge in [-0.15, -0.1) is 0 Å². The standard InChI is InChI=1S/C10H13FN2/c11-10-5-3-4-9(12-10)8-13-6-1-2-7-13/h3-5H,1-2,6-8H2. The van der Waals surface area contributed by atoms with Crippen molar-refractivity contribution >= 4 is 0 Å². The van der Waals surface area contributed by atoms with Crippen LogP contribution in [0.25, 0.3) is 0 Å². The van der Waals surface area contributed by atoms with Crippen molar-refractivity contribution in [2.75, 3.05) is 13.1 Å². The van der Waals surface area contributed by atoms with Gasteiger partial charge in [-0.2, -0.15) is 4.39 Å². The molecule has 2 rings (SSSR count). The highest BCUT2D eigenvalue weighted by Gasteiger charge is 2.12. The van der Waals surface area contributed by atoms with Gasteiger partial charge in [0.05, 0.1) is 5.69 Å². The number of nitrogens with zero attached hydrogens (tertiary/aromatic N) is 2. The molecule has 2 heterocycles. The summed E-state index contributed by atoms with van der Waals surface area (Å²) in [5.41, 5.74) is 0.835. The predicted octanol–water partition coefficient (Wildman–Crippen LogP) is 1.82. The van der Waals surface area contributed by atoms with E-state index < -0.39 is 0 Å². The van der Waals surface area contributed by atoms with Crippen molar-refractivity contribution in [2.24, 2.45) is 0 Å². The van der Waals surface area contributed by atoms with Crippen LogP contribution in [0.2, 0.25) is 0 Å². The Labute approximate surface area is 77.4 Å². The lowest BCUT2D eigenvalue weighted by molar-refractivity contribution is 0.325. The molecule has 1 saturated heterocycles. The average molecular weight is 180 g/mol. The van der Waals surface area contributed by atoms with Gasteiger partial charge in [-0.25, -0.2) is 4.98 Å². The number of likely N-dealkylation sites (tertiary alicyclic amines) is 1. The van der Waals surface area contributed by atoms with E-state index in [1.165, 1.54) is 18.9 Å². The molecule has 0 saturated carbocycles. The molecule has 1 aliphatic rings. The SMILES string of the molecule is Fc1cccc(CN2CCCC2)n1. The molecule has 0 aliphatic carbocycles. The number of hydrogen-bond donors (Lipinski definition) is 0. The molecule has 1 aliphatic heterocycles. The first-order valence-electron chi connectivity index (χ1n) is 4.68. The first-order chi connectivity index (χ1) is 6.34. The van der Waals surface area contributed by atoms with E-state index in [1.54, 1.807) is 6.07 Å². The number of rotatable bonds is 2. The smallest absolute Gasteiger partial charge is 0.213 e. The Hall–Kier alpha value is -0.960. The lowest BCUT2D eigenvalue weighted by Gasteiger charge is -2.13. The minimum atomic E-state index is -0.378. The van der Waals surface area contributed by atoms with Gasteiger partial charge >= 0.3 is 0 Å². The van der Waals surface area contributed by atoms with E-state index >= 15 is 0 Å². The molecule has 0 unspecified atom stereocenters. The van der Waals surface area contributed by atoms with Crippen LogP contribution in [-0.2, 0) is 6.54 Å². The molecule has 3 heteroatoms. The summed E-state index contributed by atoms with van der Waals surface area (Å²) in [7, 11) is 0. The zero-order chi connectivity index (χ0) is 9.10. The van der Waals surface area contributed by atoms with Crippen LogP contribution in [0.4, 0.5) is 4.39 Å². The Balaban J connectivity index is 2.00. The maximum atomic E-state index is 12.7. The number of hydrogen-bond acceptors (Lipinski definition) is 2. The molecule has 0 atom stereocenters. The summed E-state index contributed by atoms with van der Waals surface area (Å²) in [6, 6.07) is 4.97. The van der Waals surface area contributed by atoms with Gasteiger partial charge in [0.1, 0.15) is 0 Å². The van der Waals surface area contributed by atoms with Crippen LogP contribution in [0.3, 0.4) is 0 Å². The molecule has 0 radical (unpaired) electrons. The van der Waals surface area contributed by atoms with Crippen LogP contribution < -0.4 is 0 Å². The third kappa shape index (κ3) is 2.25. The molecule has 13 heavy (non-hydrogen) atoms. The molecule has 0 N–H and O–H groups in total. The van der Waals surface area contributed by atoms with E-state index in [2.05, 4.69) is 9.88 Å². The second-order valence-electron chi connectivity index (χ2n) is 3.43. The Bertz CT molecular complexity index is 282. The highest BCUT2D eigenvalue weighted by molar-refractivity contribution is 5.04. The van der Waals surface area contributed by atoms with Crippen molar-refractivity contribution < 1.29 is 4.39 Å². The molecule has 1 aromatic heterocycles. The van der Waals surface area contributed by atoms with Crippen molar-refractivity contribution in [1.29, 1.82) is 0 Å². The van der Waals surface area contributed by atoms with Crippen molar-refractivity contribution in [2.45, 2.75) is 19.4 Å². The molecule has 0 spiro atoms. The van der Waals surface area contributed by atoms with Gasteiger partial charge in [-0.3, -0.25) is 4.90 Å². The minimum Gasteiger partial charge on any atom is -0.298 e. The van der Waals surface area contributed by atoms with Crippen molar-refractivity contribution in [3.8, 4) is 0 Å². The predicted molar refractivity (Wildman–Crippen MR) is 48.7 cm³/mol. The summed E-state index contributed by atoms with van der Waals surface area (Å²) in [5, 5.41) is 0. The highest BCUT2D eigenvalue weighted by Crippen LogP contribution is 2.11. The van der Waals surface area contributed by atoms with Crippen LogP contribution in [0.1, 0.15) is 18.5 Å². The van der Waals surface area contributed by atoms with Crippen molar-refractivity contribution in [3.63, 3.8) is 0 Å². The summed E-state index contributed by atoms with van der Waals surface area (Å²) in [5.74, 6) is -0.378. The van der Waals surface area contributed by atoms with Crippen LogP contribution in [-0.4, -0.2) is 23.0 Å². The van der Waals surface area contributed by atoms with Gasteiger partial charge < -0.3 is 0 Å². The summed E-state index contributed by atoms with van der Waals surface area (Å²) in [6.07, 6.45) is 2.52. The largest absolute Gasteiger partial charge is 0.298 e.